The molecule has 0 spiro atoms. The first-order valence-electron chi connectivity index (χ1n) is 9.16. The number of amides is 1. The lowest BCUT2D eigenvalue weighted by Gasteiger charge is -2.37. The van der Waals surface area contributed by atoms with Crippen molar-refractivity contribution in [1.82, 2.24) is 4.90 Å². The summed E-state index contributed by atoms with van der Waals surface area (Å²) in [5.74, 6) is 0.0543. The zero-order valence-electron chi connectivity index (χ0n) is 14.3. The van der Waals surface area contributed by atoms with Crippen LogP contribution < -0.4 is 0 Å². The fraction of sp³-hybridized carbons (Fsp3) is 0.600. The van der Waals surface area contributed by atoms with E-state index in [9.17, 15) is 9.59 Å². The first kappa shape index (κ1) is 15.8. The van der Waals surface area contributed by atoms with Crippen LogP contribution in [0.5, 0.6) is 0 Å². The third-order valence-corrected chi connectivity index (χ3v) is 6.36. The molecule has 2 bridgehead atoms. The topological polar surface area (TPSA) is 57.6 Å². The van der Waals surface area contributed by atoms with E-state index >= 15 is 0 Å². The van der Waals surface area contributed by atoms with Gasteiger partial charge in [-0.3, -0.25) is 9.59 Å². The fourth-order valence-corrected chi connectivity index (χ4v) is 4.99. The van der Waals surface area contributed by atoms with Gasteiger partial charge in [0.1, 0.15) is 6.61 Å². The lowest BCUT2D eigenvalue weighted by atomic mass is 9.74. The molecule has 2 aliphatic heterocycles. The van der Waals surface area contributed by atoms with Gasteiger partial charge in [0.15, 0.2) is 5.78 Å². The van der Waals surface area contributed by atoms with Gasteiger partial charge < -0.3 is 10.0 Å². The van der Waals surface area contributed by atoms with E-state index in [1.165, 1.54) is 12.0 Å². The van der Waals surface area contributed by atoms with Crippen molar-refractivity contribution in [2.45, 2.75) is 64.0 Å². The average Bonchev–Trinajstić information content (AvgIpc) is 3.17. The van der Waals surface area contributed by atoms with Crippen molar-refractivity contribution in [3.05, 3.63) is 34.9 Å². The van der Waals surface area contributed by atoms with Gasteiger partial charge in [0.2, 0.25) is 5.91 Å². The number of Topliss-reactive ketones (excluding diaryl/α,β-unsaturated/α-hetero) is 1. The summed E-state index contributed by atoms with van der Waals surface area (Å²) in [6, 6.07) is 5.98. The number of aliphatic hydroxyl groups is 1. The van der Waals surface area contributed by atoms with Crippen LogP contribution in [-0.4, -0.2) is 28.3 Å². The molecule has 4 nitrogen and oxygen atoms in total. The average molecular weight is 327 g/mol. The third kappa shape index (κ3) is 2.23. The molecule has 4 rings (SSSR count). The van der Waals surface area contributed by atoms with Crippen LogP contribution in [-0.2, 0) is 4.79 Å². The van der Waals surface area contributed by atoms with Crippen LogP contribution in [0.25, 0.3) is 0 Å². The van der Waals surface area contributed by atoms with E-state index in [0.717, 1.165) is 44.1 Å². The van der Waals surface area contributed by atoms with E-state index in [1.807, 2.05) is 12.1 Å². The summed E-state index contributed by atoms with van der Waals surface area (Å²) in [7, 11) is 0. The minimum absolute atomic E-state index is 0.114. The second-order valence-corrected chi connectivity index (χ2v) is 7.87. The number of aliphatic hydroxyl groups excluding tert-OH is 1. The van der Waals surface area contributed by atoms with Gasteiger partial charge in [-0.2, -0.15) is 0 Å². The van der Waals surface area contributed by atoms with Crippen LogP contribution in [0.4, 0.5) is 0 Å². The summed E-state index contributed by atoms with van der Waals surface area (Å²) in [5.41, 5.74) is 2.66. The zero-order valence-corrected chi connectivity index (χ0v) is 14.3. The molecule has 1 saturated carbocycles. The van der Waals surface area contributed by atoms with Crippen molar-refractivity contribution in [1.29, 1.82) is 0 Å². The van der Waals surface area contributed by atoms with Crippen molar-refractivity contribution in [2.75, 3.05) is 6.61 Å². The SMILES string of the molecule is CC1(C(=O)N2C3CCC2c2cc(C(=O)CO)ccc23)CCCCC1. The number of hydrogen-bond donors (Lipinski definition) is 1. The Morgan fingerprint density at radius 2 is 1.79 bits per heavy atom. The first-order valence-corrected chi connectivity index (χ1v) is 9.16. The summed E-state index contributed by atoms with van der Waals surface area (Å²) in [6.45, 7) is 1.67. The van der Waals surface area contributed by atoms with Crippen molar-refractivity contribution >= 4 is 11.7 Å². The van der Waals surface area contributed by atoms with Crippen LogP contribution >= 0.6 is 0 Å². The molecule has 2 fully saturated rings. The van der Waals surface area contributed by atoms with E-state index in [2.05, 4.69) is 11.8 Å². The monoisotopic (exact) mass is 327 g/mol. The number of fused-ring (bicyclic) bond motifs is 5. The van der Waals surface area contributed by atoms with Crippen molar-refractivity contribution < 1.29 is 14.7 Å². The molecule has 1 aromatic rings. The second-order valence-electron chi connectivity index (χ2n) is 7.87. The Bertz CT molecular complexity index is 690. The van der Waals surface area contributed by atoms with Crippen LogP contribution in [0, 0.1) is 5.41 Å². The molecule has 1 amide bonds. The van der Waals surface area contributed by atoms with Crippen LogP contribution in [0.15, 0.2) is 18.2 Å². The Morgan fingerprint density at radius 3 is 2.46 bits per heavy atom. The number of rotatable bonds is 3. The van der Waals surface area contributed by atoms with E-state index in [-0.39, 0.29) is 23.3 Å². The number of benzene rings is 1. The molecule has 4 heteroatoms. The van der Waals surface area contributed by atoms with Crippen molar-refractivity contribution in [2.24, 2.45) is 5.41 Å². The maximum Gasteiger partial charge on any atom is 0.229 e. The third-order valence-electron chi connectivity index (χ3n) is 6.36. The van der Waals surface area contributed by atoms with E-state index in [0.29, 0.717) is 11.5 Å². The Kier molecular flexibility index (Phi) is 3.75. The standard InChI is InChI=1S/C20H25NO3/c1-20(9-3-2-4-10-20)19(24)21-16-7-8-17(21)15-11-13(18(23)12-22)5-6-14(15)16/h5-6,11,16-17,22H,2-4,7-10,12H2,1H3. The number of carbonyl (C=O) groups is 2. The summed E-state index contributed by atoms with van der Waals surface area (Å²) in [6.07, 6.45) is 7.52. The number of hydrogen-bond acceptors (Lipinski definition) is 3. The summed E-state index contributed by atoms with van der Waals surface area (Å²) < 4.78 is 0. The summed E-state index contributed by atoms with van der Waals surface area (Å²) in [4.78, 5) is 27.3. The molecular weight excluding hydrogens is 302 g/mol. The zero-order chi connectivity index (χ0) is 16.9. The predicted molar refractivity (Wildman–Crippen MR) is 90.6 cm³/mol. The van der Waals surface area contributed by atoms with Crippen LogP contribution in [0.1, 0.15) is 85.4 Å². The van der Waals surface area contributed by atoms with Gasteiger partial charge >= 0.3 is 0 Å². The molecule has 1 saturated heterocycles. The molecule has 2 atom stereocenters. The van der Waals surface area contributed by atoms with Crippen molar-refractivity contribution in [3.8, 4) is 0 Å². The van der Waals surface area contributed by atoms with Gasteiger partial charge in [-0.1, -0.05) is 38.3 Å². The Labute approximate surface area is 142 Å². The van der Waals surface area contributed by atoms with Gasteiger partial charge in [0.05, 0.1) is 12.1 Å². The largest absolute Gasteiger partial charge is 0.388 e. The maximum atomic E-state index is 13.3. The van der Waals surface area contributed by atoms with E-state index in [1.54, 1.807) is 6.07 Å². The lowest BCUT2D eigenvalue weighted by Crippen LogP contribution is -2.42. The quantitative estimate of drug-likeness (QED) is 0.864. The highest BCUT2D eigenvalue weighted by Gasteiger charge is 2.50. The fourth-order valence-electron chi connectivity index (χ4n) is 4.99. The number of carbonyl (C=O) groups excluding carboxylic acids is 2. The minimum atomic E-state index is -0.465. The highest BCUT2D eigenvalue weighted by Crippen LogP contribution is 2.55. The molecule has 1 N–H and O–H groups in total. The Balaban J connectivity index is 1.66. The smallest absolute Gasteiger partial charge is 0.229 e. The Hall–Kier alpha value is -1.68. The van der Waals surface area contributed by atoms with Gasteiger partial charge in [0, 0.05) is 11.0 Å². The lowest BCUT2D eigenvalue weighted by molar-refractivity contribution is -0.145. The molecule has 3 aliphatic rings. The summed E-state index contributed by atoms with van der Waals surface area (Å²) >= 11 is 0. The molecular formula is C20H25NO3. The van der Waals surface area contributed by atoms with E-state index in [4.69, 9.17) is 5.11 Å². The normalized spacial score (nSPS) is 27.2. The molecule has 2 heterocycles. The first-order chi connectivity index (χ1) is 11.5. The molecule has 128 valence electrons. The van der Waals surface area contributed by atoms with Crippen molar-refractivity contribution in [3.63, 3.8) is 0 Å². The maximum absolute atomic E-state index is 13.3. The second kappa shape index (κ2) is 5.69. The molecule has 0 aromatic heterocycles. The number of nitrogens with zero attached hydrogens (tertiary/aromatic N) is 1. The van der Waals surface area contributed by atoms with Gasteiger partial charge in [-0.05, 0) is 42.9 Å². The van der Waals surface area contributed by atoms with Gasteiger partial charge in [-0.25, -0.2) is 0 Å². The highest BCUT2D eigenvalue weighted by molar-refractivity contribution is 5.97. The van der Waals surface area contributed by atoms with Crippen LogP contribution in [0.2, 0.25) is 0 Å². The number of ketones is 1. The molecule has 2 unspecified atom stereocenters. The highest BCUT2D eigenvalue weighted by atomic mass is 16.3. The molecule has 1 aromatic carbocycles. The molecule has 0 radical (unpaired) electrons. The molecule has 24 heavy (non-hydrogen) atoms. The van der Waals surface area contributed by atoms with Gasteiger partial charge in [0.25, 0.3) is 0 Å². The van der Waals surface area contributed by atoms with Gasteiger partial charge in [-0.15, -0.1) is 0 Å². The van der Waals surface area contributed by atoms with E-state index < -0.39 is 6.61 Å². The molecule has 1 aliphatic carbocycles. The predicted octanol–water partition coefficient (Wildman–Crippen LogP) is 3.55. The Morgan fingerprint density at radius 1 is 1.12 bits per heavy atom. The summed E-state index contributed by atoms with van der Waals surface area (Å²) in [5, 5.41) is 9.10. The van der Waals surface area contributed by atoms with Crippen LogP contribution in [0.3, 0.4) is 0 Å². The minimum Gasteiger partial charge on any atom is -0.388 e.